The van der Waals surface area contributed by atoms with Gasteiger partial charge >= 0.3 is 5.97 Å². The van der Waals surface area contributed by atoms with E-state index in [4.69, 9.17) is 9.84 Å². The van der Waals surface area contributed by atoms with Crippen LogP contribution in [0.3, 0.4) is 0 Å². The molecule has 7 heteroatoms. The van der Waals surface area contributed by atoms with Gasteiger partial charge in [0.25, 0.3) is 11.8 Å². The van der Waals surface area contributed by atoms with Crippen molar-refractivity contribution in [1.82, 2.24) is 5.32 Å². The van der Waals surface area contributed by atoms with Crippen molar-refractivity contribution in [3.8, 4) is 5.75 Å². The minimum Gasteiger partial charge on any atom is -0.482 e. The van der Waals surface area contributed by atoms with Crippen molar-refractivity contribution in [1.29, 1.82) is 0 Å². The van der Waals surface area contributed by atoms with Crippen LogP contribution in [0.1, 0.15) is 24.2 Å². The fourth-order valence-corrected chi connectivity index (χ4v) is 1.95. The van der Waals surface area contributed by atoms with Gasteiger partial charge in [0.15, 0.2) is 6.61 Å². The molecule has 1 aliphatic heterocycles. The van der Waals surface area contributed by atoms with Gasteiger partial charge in [-0.25, -0.2) is 4.79 Å². The first-order valence-corrected chi connectivity index (χ1v) is 6.49. The predicted molar refractivity (Wildman–Crippen MR) is 74.3 cm³/mol. The van der Waals surface area contributed by atoms with Gasteiger partial charge in [0.1, 0.15) is 11.8 Å². The third-order valence-electron chi connectivity index (χ3n) is 3.10. The second-order valence-corrected chi connectivity index (χ2v) is 5.08. The Hall–Kier alpha value is -2.57. The maximum Gasteiger partial charge on any atom is 0.326 e. The zero-order valence-electron chi connectivity index (χ0n) is 11.7. The number of benzene rings is 1. The molecule has 1 atom stereocenters. The van der Waals surface area contributed by atoms with Gasteiger partial charge < -0.3 is 20.5 Å². The molecule has 0 saturated heterocycles. The summed E-state index contributed by atoms with van der Waals surface area (Å²) in [5.74, 6) is -1.69. The number of anilines is 1. The first kappa shape index (κ1) is 14.8. The molecule has 0 bridgehead atoms. The van der Waals surface area contributed by atoms with Gasteiger partial charge in [-0.1, -0.05) is 13.8 Å². The Kier molecular flexibility index (Phi) is 4.11. The van der Waals surface area contributed by atoms with Crippen LogP contribution in [-0.2, 0) is 9.59 Å². The molecular weight excluding hydrogens is 276 g/mol. The van der Waals surface area contributed by atoms with E-state index in [1.807, 2.05) is 0 Å². The lowest BCUT2D eigenvalue weighted by molar-refractivity contribution is -0.140. The summed E-state index contributed by atoms with van der Waals surface area (Å²) in [6.45, 7) is 3.32. The van der Waals surface area contributed by atoms with Crippen LogP contribution in [0.4, 0.5) is 5.69 Å². The highest BCUT2D eigenvalue weighted by atomic mass is 16.5. The predicted octanol–water partition coefficient (Wildman–Crippen LogP) is 0.856. The van der Waals surface area contributed by atoms with Gasteiger partial charge in [0, 0.05) is 5.56 Å². The molecule has 2 rings (SSSR count). The van der Waals surface area contributed by atoms with Crippen LogP contribution < -0.4 is 15.4 Å². The van der Waals surface area contributed by atoms with Crippen molar-refractivity contribution >= 4 is 23.5 Å². The first-order valence-electron chi connectivity index (χ1n) is 6.49. The van der Waals surface area contributed by atoms with Crippen LogP contribution in [0.25, 0.3) is 0 Å². The van der Waals surface area contributed by atoms with E-state index in [1.165, 1.54) is 12.1 Å². The van der Waals surface area contributed by atoms with E-state index in [1.54, 1.807) is 19.9 Å². The van der Waals surface area contributed by atoms with Crippen molar-refractivity contribution in [3.05, 3.63) is 23.8 Å². The Labute approximate surface area is 121 Å². The van der Waals surface area contributed by atoms with Crippen LogP contribution in [-0.4, -0.2) is 35.5 Å². The number of carboxylic acids is 1. The SMILES string of the molecule is CC(C)[C@H](NC(=O)c1ccc2c(c1)OCC(=O)N2)C(=O)O. The number of hydrogen-bond acceptors (Lipinski definition) is 4. The summed E-state index contributed by atoms with van der Waals surface area (Å²) in [6.07, 6.45) is 0. The van der Waals surface area contributed by atoms with E-state index in [2.05, 4.69) is 10.6 Å². The number of rotatable bonds is 4. The van der Waals surface area contributed by atoms with Gasteiger partial charge in [-0.15, -0.1) is 0 Å². The molecule has 0 radical (unpaired) electrons. The molecule has 1 aromatic carbocycles. The number of carbonyl (C=O) groups excluding carboxylic acids is 2. The summed E-state index contributed by atoms with van der Waals surface area (Å²) in [7, 11) is 0. The van der Waals surface area contributed by atoms with E-state index in [-0.39, 0.29) is 24.0 Å². The number of fused-ring (bicyclic) bond motifs is 1. The van der Waals surface area contributed by atoms with Crippen molar-refractivity contribution in [2.45, 2.75) is 19.9 Å². The summed E-state index contributed by atoms with van der Waals surface area (Å²) < 4.78 is 5.22. The van der Waals surface area contributed by atoms with Crippen LogP contribution >= 0.6 is 0 Å². The molecule has 0 aromatic heterocycles. The molecule has 1 aromatic rings. The van der Waals surface area contributed by atoms with Crippen molar-refractivity contribution in [2.24, 2.45) is 5.92 Å². The molecule has 0 fully saturated rings. The normalized spacial score (nSPS) is 14.7. The summed E-state index contributed by atoms with van der Waals surface area (Å²) >= 11 is 0. The maximum absolute atomic E-state index is 12.1. The number of carbonyl (C=O) groups is 3. The van der Waals surface area contributed by atoms with Crippen LogP contribution in [0.5, 0.6) is 5.75 Å². The molecule has 21 heavy (non-hydrogen) atoms. The highest BCUT2D eigenvalue weighted by Crippen LogP contribution is 2.28. The highest BCUT2D eigenvalue weighted by molar-refractivity contribution is 6.00. The number of carboxylic acid groups (broad SMARTS) is 1. The van der Waals surface area contributed by atoms with E-state index < -0.39 is 17.9 Å². The van der Waals surface area contributed by atoms with Gasteiger partial charge in [-0.2, -0.15) is 0 Å². The third kappa shape index (κ3) is 3.31. The van der Waals surface area contributed by atoms with Crippen LogP contribution in [0.2, 0.25) is 0 Å². The van der Waals surface area contributed by atoms with Gasteiger partial charge in [0.05, 0.1) is 5.69 Å². The standard InChI is InChI=1S/C14H16N2O5/c1-7(2)12(14(19)20)16-13(18)8-3-4-9-10(5-8)21-6-11(17)15-9/h3-5,7,12H,6H2,1-2H3,(H,15,17)(H,16,18)(H,19,20)/t12-/m0/s1. The summed E-state index contributed by atoms with van der Waals surface area (Å²) in [4.78, 5) is 34.3. The Bertz CT molecular complexity index is 597. The van der Waals surface area contributed by atoms with E-state index in [0.717, 1.165) is 0 Å². The zero-order chi connectivity index (χ0) is 15.6. The number of ether oxygens (including phenoxy) is 1. The Balaban J connectivity index is 2.17. The van der Waals surface area contributed by atoms with Crippen LogP contribution in [0.15, 0.2) is 18.2 Å². The summed E-state index contributed by atoms with van der Waals surface area (Å²) in [5, 5.41) is 14.2. The fraction of sp³-hybridized carbons (Fsp3) is 0.357. The second-order valence-electron chi connectivity index (χ2n) is 5.08. The second kappa shape index (κ2) is 5.82. The molecule has 0 spiro atoms. The number of nitrogens with one attached hydrogen (secondary N) is 2. The smallest absolute Gasteiger partial charge is 0.326 e. The van der Waals surface area contributed by atoms with Gasteiger partial charge in [-0.05, 0) is 24.1 Å². The number of hydrogen-bond donors (Lipinski definition) is 3. The quantitative estimate of drug-likeness (QED) is 0.763. The highest BCUT2D eigenvalue weighted by Gasteiger charge is 2.25. The Morgan fingerprint density at radius 3 is 2.71 bits per heavy atom. The number of aliphatic carboxylic acids is 1. The molecule has 0 saturated carbocycles. The number of amides is 2. The van der Waals surface area contributed by atoms with Gasteiger partial charge in [-0.3, -0.25) is 9.59 Å². The average Bonchev–Trinajstić information content (AvgIpc) is 2.43. The maximum atomic E-state index is 12.1. The van der Waals surface area contributed by atoms with E-state index in [0.29, 0.717) is 11.4 Å². The fourth-order valence-electron chi connectivity index (χ4n) is 1.95. The topological polar surface area (TPSA) is 105 Å². The third-order valence-corrected chi connectivity index (χ3v) is 3.10. The van der Waals surface area contributed by atoms with Crippen molar-refractivity contribution in [2.75, 3.05) is 11.9 Å². The summed E-state index contributed by atoms with van der Waals surface area (Å²) in [6, 6.07) is 3.56. The molecule has 2 amide bonds. The zero-order valence-corrected chi connectivity index (χ0v) is 11.7. The summed E-state index contributed by atoms with van der Waals surface area (Å²) in [5.41, 5.74) is 0.762. The van der Waals surface area contributed by atoms with Crippen molar-refractivity contribution in [3.63, 3.8) is 0 Å². The van der Waals surface area contributed by atoms with Gasteiger partial charge in [0.2, 0.25) is 0 Å². The lowest BCUT2D eigenvalue weighted by atomic mass is 10.0. The molecule has 7 nitrogen and oxygen atoms in total. The van der Waals surface area contributed by atoms with Crippen LogP contribution in [0, 0.1) is 5.92 Å². The first-order chi connectivity index (χ1) is 9.88. The largest absolute Gasteiger partial charge is 0.482 e. The lowest BCUT2D eigenvalue weighted by Crippen LogP contribution is -2.44. The molecule has 112 valence electrons. The minimum atomic E-state index is -1.08. The lowest BCUT2D eigenvalue weighted by Gasteiger charge is -2.20. The van der Waals surface area contributed by atoms with E-state index >= 15 is 0 Å². The Morgan fingerprint density at radius 2 is 2.10 bits per heavy atom. The molecule has 1 heterocycles. The molecule has 0 aliphatic carbocycles. The molecule has 3 N–H and O–H groups in total. The Morgan fingerprint density at radius 1 is 1.38 bits per heavy atom. The minimum absolute atomic E-state index is 0.109. The molecular formula is C14H16N2O5. The molecule has 1 aliphatic rings. The average molecular weight is 292 g/mol. The molecule has 0 unspecified atom stereocenters. The monoisotopic (exact) mass is 292 g/mol. The van der Waals surface area contributed by atoms with E-state index in [9.17, 15) is 14.4 Å². The van der Waals surface area contributed by atoms with Crippen molar-refractivity contribution < 1.29 is 24.2 Å².